The zero-order valence-electron chi connectivity index (χ0n) is 18.5. The van der Waals surface area contributed by atoms with Crippen molar-refractivity contribution in [3.05, 3.63) is 74.4 Å². The van der Waals surface area contributed by atoms with Gasteiger partial charge in [-0.1, -0.05) is 23.7 Å². The molecule has 0 radical (unpaired) electrons. The number of nitrogens with zero attached hydrogens (tertiary/aromatic N) is 6. The number of halogens is 1. The zero-order valence-corrected chi connectivity index (χ0v) is 19.2. The summed E-state index contributed by atoms with van der Waals surface area (Å²) in [6.45, 7) is 5.98. The number of benzene rings is 2. The van der Waals surface area contributed by atoms with E-state index in [1.54, 1.807) is 31.0 Å². The number of tetrazole rings is 1. The average molecular weight is 455 g/mol. The first kappa shape index (κ1) is 21.6. The number of methoxy groups -OCH3 is 1. The lowest BCUT2D eigenvalue weighted by molar-refractivity contribution is 0.305. The summed E-state index contributed by atoms with van der Waals surface area (Å²) in [5.74, 6) is 1.26. The summed E-state index contributed by atoms with van der Waals surface area (Å²) in [6, 6.07) is 11.1. The molecular formula is C22H23ClN6O3. The average Bonchev–Trinajstić information content (AvgIpc) is 3.25. The topological polar surface area (TPSA) is 89.0 Å². The van der Waals surface area contributed by atoms with Gasteiger partial charge in [-0.2, -0.15) is 14.5 Å². The van der Waals surface area contributed by atoms with Crippen molar-refractivity contribution in [3.63, 3.8) is 0 Å². The third-order valence-corrected chi connectivity index (χ3v) is 5.59. The minimum absolute atomic E-state index is 0.206. The molecule has 0 unspecified atom stereocenters. The highest BCUT2D eigenvalue weighted by Crippen LogP contribution is 2.31. The molecule has 0 bridgehead atoms. The van der Waals surface area contributed by atoms with E-state index in [1.165, 1.54) is 9.36 Å². The molecule has 0 N–H and O–H groups in total. The summed E-state index contributed by atoms with van der Waals surface area (Å²) in [6.07, 6.45) is 0. The highest BCUT2D eigenvalue weighted by molar-refractivity contribution is 6.32. The van der Waals surface area contributed by atoms with E-state index in [1.807, 2.05) is 45.0 Å². The summed E-state index contributed by atoms with van der Waals surface area (Å²) in [5, 5.41) is 12.7. The first-order valence-corrected chi connectivity index (χ1v) is 10.3. The maximum absolute atomic E-state index is 12.3. The molecule has 0 spiro atoms. The minimum Gasteiger partial charge on any atom is -0.493 e. The van der Waals surface area contributed by atoms with Crippen molar-refractivity contribution >= 4 is 11.6 Å². The molecule has 0 amide bonds. The molecule has 2 aromatic heterocycles. The molecule has 0 saturated carbocycles. The molecular weight excluding hydrogens is 432 g/mol. The molecule has 0 aliphatic rings. The third-order valence-electron chi connectivity index (χ3n) is 5.30. The molecule has 9 nitrogen and oxygen atoms in total. The molecule has 4 aromatic rings. The van der Waals surface area contributed by atoms with E-state index in [0.29, 0.717) is 16.5 Å². The van der Waals surface area contributed by atoms with Crippen molar-refractivity contribution in [2.75, 3.05) is 7.11 Å². The summed E-state index contributed by atoms with van der Waals surface area (Å²) in [7, 11) is 3.18. The van der Waals surface area contributed by atoms with Crippen LogP contribution in [-0.4, -0.2) is 36.7 Å². The van der Waals surface area contributed by atoms with E-state index in [-0.39, 0.29) is 12.3 Å². The van der Waals surface area contributed by atoms with Crippen LogP contribution in [0.5, 0.6) is 11.5 Å². The Labute approximate surface area is 189 Å². The van der Waals surface area contributed by atoms with E-state index in [9.17, 15) is 4.79 Å². The number of aryl methyl sites for hydroxylation is 3. The molecule has 2 aromatic carbocycles. The Morgan fingerprint density at radius 1 is 1.06 bits per heavy atom. The van der Waals surface area contributed by atoms with Crippen LogP contribution in [0.15, 0.2) is 41.2 Å². The second-order valence-corrected chi connectivity index (χ2v) is 7.80. The van der Waals surface area contributed by atoms with Crippen LogP contribution in [0.25, 0.3) is 11.4 Å². The lowest BCUT2D eigenvalue weighted by atomic mass is 10.1. The Hall–Kier alpha value is -3.59. The first-order chi connectivity index (χ1) is 15.3. The summed E-state index contributed by atoms with van der Waals surface area (Å²) in [5.41, 5.74) is 4.54. The molecule has 4 rings (SSSR count). The fourth-order valence-corrected chi connectivity index (χ4v) is 3.83. The first-order valence-electron chi connectivity index (χ1n) is 9.92. The number of aromatic nitrogens is 6. The number of hydrogen-bond acceptors (Lipinski definition) is 6. The fourth-order valence-electron chi connectivity index (χ4n) is 3.60. The molecule has 32 heavy (non-hydrogen) atoms. The van der Waals surface area contributed by atoms with Crippen molar-refractivity contribution in [2.45, 2.75) is 27.4 Å². The van der Waals surface area contributed by atoms with E-state index in [2.05, 4.69) is 15.5 Å². The van der Waals surface area contributed by atoms with Gasteiger partial charge in [-0.3, -0.25) is 0 Å². The van der Waals surface area contributed by atoms with Gasteiger partial charge in [0.15, 0.2) is 5.75 Å². The molecule has 0 atom stereocenters. The van der Waals surface area contributed by atoms with Gasteiger partial charge in [-0.05, 0) is 61.0 Å². The monoisotopic (exact) mass is 454 g/mol. The van der Waals surface area contributed by atoms with Crippen molar-refractivity contribution in [1.29, 1.82) is 0 Å². The van der Waals surface area contributed by atoms with Crippen LogP contribution in [0.4, 0.5) is 0 Å². The highest BCUT2D eigenvalue weighted by Gasteiger charge is 2.16. The van der Waals surface area contributed by atoms with Crippen LogP contribution >= 0.6 is 11.6 Å². The van der Waals surface area contributed by atoms with E-state index < -0.39 is 0 Å². The molecule has 0 fully saturated rings. The lowest BCUT2D eigenvalue weighted by Crippen LogP contribution is -2.23. The number of hydrogen-bond donors (Lipinski definition) is 0. The lowest BCUT2D eigenvalue weighted by Gasteiger charge is -2.14. The van der Waals surface area contributed by atoms with Gasteiger partial charge in [0.05, 0.1) is 29.2 Å². The number of rotatable bonds is 6. The molecule has 2 heterocycles. The van der Waals surface area contributed by atoms with Crippen LogP contribution in [-0.2, 0) is 13.7 Å². The van der Waals surface area contributed by atoms with Gasteiger partial charge in [0.1, 0.15) is 18.1 Å². The molecule has 0 saturated heterocycles. The predicted molar refractivity (Wildman–Crippen MR) is 120 cm³/mol. The second-order valence-electron chi connectivity index (χ2n) is 7.39. The van der Waals surface area contributed by atoms with Crippen LogP contribution < -0.4 is 15.2 Å². The maximum Gasteiger partial charge on any atom is 0.368 e. The van der Waals surface area contributed by atoms with Gasteiger partial charge >= 0.3 is 5.69 Å². The Morgan fingerprint density at radius 3 is 2.47 bits per heavy atom. The summed E-state index contributed by atoms with van der Waals surface area (Å²) >= 11 is 6.53. The highest BCUT2D eigenvalue weighted by atomic mass is 35.5. The van der Waals surface area contributed by atoms with E-state index >= 15 is 0 Å². The second kappa shape index (κ2) is 8.51. The van der Waals surface area contributed by atoms with Crippen LogP contribution in [0, 0.1) is 20.8 Å². The molecule has 0 aliphatic heterocycles. The van der Waals surface area contributed by atoms with Crippen LogP contribution in [0.3, 0.4) is 0 Å². The summed E-state index contributed by atoms with van der Waals surface area (Å²) in [4.78, 5) is 12.3. The van der Waals surface area contributed by atoms with Gasteiger partial charge in [0, 0.05) is 12.6 Å². The Balaban J connectivity index is 1.62. The van der Waals surface area contributed by atoms with Crippen molar-refractivity contribution in [3.8, 4) is 22.9 Å². The van der Waals surface area contributed by atoms with E-state index in [4.69, 9.17) is 21.1 Å². The minimum atomic E-state index is -0.334. The SMILES string of the molecule is COc1c(C)nn(-c2ccc(OCc3c(C)cccc3-n3nnn(C)c3=O)c(Cl)c2)c1C. The largest absolute Gasteiger partial charge is 0.493 e. The normalized spacial score (nSPS) is 11.1. The van der Waals surface area contributed by atoms with Gasteiger partial charge < -0.3 is 9.47 Å². The van der Waals surface area contributed by atoms with Gasteiger partial charge in [-0.25, -0.2) is 9.48 Å². The molecule has 166 valence electrons. The number of ether oxygens (including phenoxy) is 2. The fraction of sp³-hybridized carbons (Fsp3) is 0.273. The standard InChI is InChI=1S/C22H23ClN6O3/c1-13-7-6-8-19(29-22(30)27(4)25-26-29)17(13)12-32-20-10-9-16(11-18(20)23)28-15(3)21(31-5)14(2)24-28/h6-11H,12H2,1-5H3. The predicted octanol–water partition coefficient (Wildman–Crippen LogP) is 3.32. The molecule has 10 heteroatoms. The van der Waals surface area contributed by atoms with Gasteiger partial charge in [0.25, 0.3) is 0 Å². The third kappa shape index (κ3) is 3.75. The summed E-state index contributed by atoms with van der Waals surface area (Å²) < 4.78 is 15.7. The van der Waals surface area contributed by atoms with Crippen molar-refractivity contribution < 1.29 is 9.47 Å². The van der Waals surface area contributed by atoms with Gasteiger partial charge in [0.2, 0.25) is 0 Å². The van der Waals surface area contributed by atoms with Crippen molar-refractivity contribution in [1.82, 2.24) is 29.6 Å². The van der Waals surface area contributed by atoms with Crippen LogP contribution in [0.2, 0.25) is 5.02 Å². The van der Waals surface area contributed by atoms with Gasteiger partial charge in [-0.15, -0.1) is 0 Å². The Kier molecular flexibility index (Phi) is 5.75. The molecule has 0 aliphatic carbocycles. The smallest absolute Gasteiger partial charge is 0.368 e. The van der Waals surface area contributed by atoms with E-state index in [0.717, 1.165) is 34.0 Å². The Bertz CT molecular complexity index is 1350. The zero-order chi connectivity index (χ0) is 23.0. The maximum atomic E-state index is 12.3. The Morgan fingerprint density at radius 2 is 1.84 bits per heavy atom. The van der Waals surface area contributed by atoms with Crippen LogP contribution in [0.1, 0.15) is 22.5 Å². The van der Waals surface area contributed by atoms with Crippen molar-refractivity contribution in [2.24, 2.45) is 7.05 Å². The quantitative estimate of drug-likeness (QED) is 0.444.